The van der Waals surface area contributed by atoms with Gasteiger partial charge in [-0.2, -0.15) is 0 Å². The molecular weight excluding hydrogens is 280 g/mol. The van der Waals surface area contributed by atoms with Crippen molar-refractivity contribution in [3.8, 4) is 0 Å². The summed E-state index contributed by atoms with van der Waals surface area (Å²) in [6, 6.07) is 6.36. The molecule has 1 rings (SSSR count). The van der Waals surface area contributed by atoms with Gasteiger partial charge in [0.25, 0.3) is 0 Å². The third-order valence-corrected chi connectivity index (χ3v) is 5.21. The lowest BCUT2D eigenvalue weighted by Crippen LogP contribution is -2.48. The molecule has 0 fully saturated rings. The second kappa shape index (κ2) is 5.41. The number of anilines is 1. The van der Waals surface area contributed by atoms with Gasteiger partial charge in [-0.05, 0) is 26.0 Å². The predicted molar refractivity (Wildman–Crippen MR) is 77.4 cm³/mol. The van der Waals surface area contributed by atoms with E-state index in [0.717, 1.165) is 4.31 Å². The molecule has 0 saturated heterocycles. The van der Waals surface area contributed by atoms with Gasteiger partial charge in [-0.3, -0.25) is 0 Å². The van der Waals surface area contributed by atoms with Crippen molar-refractivity contribution in [3.05, 3.63) is 24.3 Å². The SMILES string of the molecule is CN(c1ccccc1S(=O)(=O)N(C)C)C(C)(C)C(=O)O. The van der Waals surface area contributed by atoms with Gasteiger partial charge in [-0.1, -0.05) is 12.1 Å². The minimum absolute atomic E-state index is 0.0850. The molecule has 0 saturated carbocycles. The standard InChI is InChI=1S/C13H20N2O4S/c1-13(2,12(16)17)15(5)10-8-6-7-9-11(10)20(18,19)14(3)4/h6-9H,1-5H3,(H,16,17). The molecule has 6 nitrogen and oxygen atoms in total. The summed E-state index contributed by atoms with van der Waals surface area (Å²) in [6.07, 6.45) is 0. The van der Waals surface area contributed by atoms with Crippen LogP contribution in [0, 0.1) is 0 Å². The Bertz CT molecular complexity index is 609. The molecule has 0 aliphatic carbocycles. The molecule has 7 heteroatoms. The first kappa shape index (κ1) is 16.5. The van der Waals surface area contributed by atoms with E-state index in [-0.39, 0.29) is 4.90 Å². The van der Waals surface area contributed by atoms with Crippen LogP contribution in [0.4, 0.5) is 5.69 Å². The molecular formula is C13H20N2O4S. The second-order valence-corrected chi connectivity index (χ2v) is 7.30. The van der Waals surface area contributed by atoms with Gasteiger partial charge in [0.05, 0.1) is 5.69 Å². The summed E-state index contributed by atoms with van der Waals surface area (Å²) in [5.41, 5.74) is -0.869. The Kier molecular flexibility index (Phi) is 4.45. The van der Waals surface area contributed by atoms with E-state index in [1.54, 1.807) is 25.2 Å². The Morgan fingerprint density at radius 1 is 1.15 bits per heavy atom. The average Bonchev–Trinajstić information content (AvgIpc) is 2.37. The highest BCUT2D eigenvalue weighted by molar-refractivity contribution is 7.89. The minimum Gasteiger partial charge on any atom is -0.480 e. The summed E-state index contributed by atoms with van der Waals surface area (Å²) in [7, 11) is 0.806. The number of para-hydroxylation sites is 1. The van der Waals surface area contributed by atoms with E-state index >= 15 is 0 Å². The lowest BCUT2D eigenvalue weighted by molar-refractivity contribution is -0.142. The highest BCUT2D eigenvalue weighted by atomic mass is 32.2. The van der Waals surface area contributed by atoms with E-state index in [1.165, 1.54) is 38.9 Å². The first-order valence-electron chi connectivity index (χ1n) is 6.01. The van der Waals surface area contributed by atoms with E-state index in [0.29, 0.717) is 5.69 Å². The van der Waals surface area contributed by atoms with Gasteiger partial charge in [0.2, 0.25) is 10.0 Å². The lowest BCUT2D eigenvalue weighted by atomic mass is 10.0. The minimum atomic E-state index is -3.64. The van der Waals surface area contributed by atoms with Crippen molar-refractivity contribution in [2.24, 2.45) is 0 Å². The molecule has 20 heavy (non-hydrogen) atoms. The zero-order valence-corrected chi connectivity index (χ0v) is 13.1. The quantitative estimate of drug-likeness (QED) is 0.885. The van der Waals surface area contributed by atoms with Gasteiger partial charge in [-0.15, -0.1) is 0 Å². The number of sulfonamides is 1. The van der Waals surface area contributed by atoms with Crippen LogP contribution in [0.5, 0.6) is 0 Å². The van der Waals surface area contributed by atoms with Crippen LogP contribution in [-0.4, -0.2) is 50.5 Å². The molecule has 0 atom stereocenters. The molecule has 0 amide bonds. The van der Waals surface area contributed by atoms with Crippen molar-refractivity contribution in [2.45, 2.75) is 24.3 Å². The Labute approximate surface area is 119 Å². The number of likely N-dealkylation sites (N-methyl/N-ethyl adjacent to an activating group) is 1. The van der Waals surface area contributed by atoms with Gasteiger partial charge >= 0.3 is 5.97 Å². The maximum Gasteiger partial charge on any atom is 0.328 e. The van der Waals surface area contributed by atoms with Crippen molar-refractivity contribution >= 4 is 21.7 Å². The first-order chi connectivity index (χ1) is 9.02. The zero-order valence-electron chi connectivity index (χ0n) is 12.3. The third kappa shape index (κ3) is 2.78. The Hall–Kier alpha value is -1.60. The summed E-state index contributed by atoms with van der Waals surface area (Å²) in [5, 5.41) is 9.27. The summed E-state index contributed by atoms with van der Waals surface area (Å²) in [6.45, 7) is 3.04. The van der Waals surface area contributed by atoms with Crippen LogP contribution in [0.2, 0.25) is 0 Å². The van der Waals surface area contributed by atoms with Gasteiger partial charge in [-0.25, -0.2) is 17.5 Å². The average molecular weight is 300 g/mol. The fraction of sp³-hybridized carbons (Fsp3) is 0.462. The van der Waals surface area contributed by atoms with Gasteiger partial charge in [0.15, 0.2) is 0 Å². The van der Waals surface area contributed by atoms with E-state index in [1.807, 2.05) is 0 Å². The maximum atomic E-state index is 12.3. The number of aliphatic carboxylic acids is 1. The molecule has 0 bridgehead atoms. The molecule has 0 heterocycles. The highest BCUT2D eigenvalue weighted by Gasteiger charge is 2.35. The van der Waals surface area contributed by atoms with Crippen molar-refractivity contribution in [2.75, 3.05) is 26.0 Å². The van der Waals surface area contributed by atoms with Crippen LogP contribution < -0.4 is 4.90 Å². The Balaban J connectivity index is 3.46. The van der Waals surface area contributed by atoms with Crippen molar-refractivity contribution in [1.29, 1.82) is 0 Å². The largest absolute Gasteiger partial charge is 0.480 e. The second-order valence-electron chi connectivity index (χ2n) is 5.18. The molecule has 1 N–H and O–H groups in total. The Morgan fingerprint density at radius 3 is 2.10 bits per heavy atom. The summed E-state index contributed by atoms with van der Waals surface area (Å²) < 4.78 is 25.7. The number of rotatable bonds is 5. The van der Waals surface area contributed by atoms with E-state index < -0.39 is 21.5 Å². The number of hydrogen-bond donors (Lipinski definition) is 1. The van der Waals surface area contributed by atoms with Gasteiger partial charge < -0.3 is 10.0 Å². The molecule has 0 spiro atoms. The lowest BCUT2D eigenvalue weighted by Gasteiger charge is -2.34. The highest BCUT2D eigenvalue weighted by Crippen LogP contribution is 2.30. The molecule has 0 radical (unpaired) electrons. The number of benzene rings is 1. The predicted octanol–water partition coefficient (Wildman–Crippen LogP) is 1.24. The van der Waals surface area contributed by atoms with Crippen LogP contribution in [0.3, 0.4) is 0 Å². The number of carbonyl (C=O) groups is 1. The van der Waals surface area contributed by atoms with Crippen molar-refractivity contribution in [3.63, 3.8) is 0 Å². The molecule has 0 aliphatic rings. The first-order valence-corrected chi connectivity index (χ1v) is 7.45. The summed E-state index contributed by atoms with van der Waals surface area (Å²) in [5.74, 6) is -1.03. The third-order valence-electron chi connectivity index (χ3n) is 3.35. The topological polar surface area (TPSA) is 77.9 Å². The van der Waals surface area contributed by atoms with Crippen LogP contribution in [0.1, 0.15) is 13.8 Å². The monoisotopic (exact) mass is 300 g/mol. The van der Waals surface area contributed by atoms with Crippen LogP contribution in [-0.2, 0) is 14.8 Å². The van der Waals surface area contributed by atoms with E-state index in [2.05, 4.69) is 0 Å². The van der Waals surface area contributed by atoms with Gasteiger partial charge in [0.1, 0.15) is 10.4 Å². The van der Waals surface area contributed by atoms with Gasteiger partial charge in [0, 0.05) is 21.1 Å². The normalized spacial score (nSPS) is 12.5. The van der Waals surface area contributed by atoms with E-state index in [4.69, 9.17) is 0 Å². The van der Waals surface area contributed by atoms with Crippen molar-refractivity contribution in [1.82, 2.24) is 4.31 Å². The van der Waals surface area contributed by atoms with Crippen LogP contribution in [0.25, 0.3) is 0 Å². The van der Waals surface area contributed by atoms with Crippen LogP contribution in [0.15, 0.2) is 29.2 Å². The van der Waals surface area contributed by atoms with Crippen molar-refractivity contribution < 1.29 is 18.3 Å². The number of carboxylic acid groups (broad SMARTS) is 1. The van der Waals surface area contributed by atoms with E-state index in [9.17, 15) is 18.3 Å². The molecule has 0 unspecified atom stereocenters. The zero-order chi connectivity index (χ0) is 15.7. The number of nitrogens with zero attached hydrogens (tertiary/aromatic N) is 2. The molecule has 0 aromatic heterocycles. The molecule has 112 valence electrons. The number of carboxylic acids is 1. The van der Waals surface area contributed by atoms with Crippen LogP contribution >= 0.6 is 0 Å². The molecule has 1 aromatic carbocycles. The number of hydrogen-bond acceptors (Lipinski definition) is 4. The maximum absolute atomic E-state index is 12.3. The molecule has 0 aliphatic heterocycles. The summed E-state index contributed by atoms with van der Waals surface area (Å²) >= 11 is 0. The molecule has 1 aromatic rings. The summed E-state index contributed by atoms with van der Waals surface area (Å²) in [4.78, 5) is 12.9. The fourth-order valence-corrected chi connectivity index (χ4v) is 2.71. The smallest absolute Gasteiger partial charge is 0.328 e. The fourth-order valence-electron chi connectivity index (χ4n) is 1.59. The Morgan fingerprint density at radius 2 is 1.65 bits per heavy atom.